The molecule has 24 heavy (non-hydrogen) atoms. The highest BCUT2D eigenvalue weighted by atomic mass is 16.5. The lowest BCUT2D eigenvalue weighted by Crippen LogP contribution is -2.38. The van der Waals surface area contributed by atoms with Gasteiger partial charge in [-0.3, -0.25) is 0 Å². The first-order chi connectivity index (χ1) is 11.8. The topological polar surface area (TPSA) is 54.3 Å². The van der Waals surface area contributed by atoms with Gasteiger partial charge in [0.2, 0.25) is 0 Å². The van der Waals surface area contributed by atoms with Gasteiger partial charge in [-0.25, -0.2) is 0 Å². The van der Waals surface area contributed by atoms with Crippen LogP contribution in [0.25, 0.3) is 0 Å². The smallest absolute Gasteiger partial charge is 0.120 e. The number of piperidine rings is 1. The zero-order chi connectivity index (χ0) is 16.8. The van der Waals surface area contributed by atoms with E-state index in [-0.39, 0.29) is 0 Å². The number of hydrogen-bond acceptors (Lipinski definition) is 4. The minimum absolute atomic E-state index is 0.401. The fourth-order valence-corrected chi connectivity index (χ4v) is 3.25. The minimum Gasteiger partial charge on any atom is -0.497 e. The maximum atomic E-state index is 8.99. The third-order valence-corrected chi connectivity index (χ3v) is 4.58. The molecule has 0 aliphatic carbocycles. The normalized spacial score (nSPS) is 20.2. The molecule has 0 radical (unpaired) electrons. The number of nitrogens with zero attached hydrogens (tertiary/aromatic N) is 1. The molecule has 0 aromatic heterocycles. The number of methoxy groups -OCH3 is 1. The fourth-order valence-electron chi connectivity index (χ4n) is 3.25. The van der Waals surface area contributed by atoms with E-state index in [1.807, 2.05) is 24.3 Å². The van der Waals surface area contributed by atoms with Gasteiger partial charge in [0.1, 0.15) is 11.5 Å². The highest BCUT2D eigenvalue weighted by Crippen LogP contribution is 2.32. The summed E-state index contributed by atoms with van der Waals surface area (Å²) in [5, 5.41) is 12.4. The lowest BCUT2D eigenvalue weighted by molar-refractivity contribution is 0.197. The molecule has 2 aromatic rings. The summed E-state index contributed by atoms with van der Waals surface area (Å²) >= 11 is 0. The molecule has 1 N–H and O–H groups in total. The number of rotatable bonds is 5. The van der Waals surface area contributed by atoms with Crippen molar-refractivity contribution in [1.29, 1.82) is 5.26 Å². The van der Waals surface area contributed by atoms with Crippen LogP contribution in [-0.2, 0) is 0 Å². The maximum Gasteiger partial charge on any atom is 0.120 e. The van der Waals surface area contributed by atoms with Crippen LogP contribution in [0, 0.1) is 17.2 Å². The second-order valence-electron chi connectivity index (χ2n) is 6.08. The van der Waals surface area contributed by atoms with Crippen molar-refractivity contribution in [3.8, 4) is 17.6 Å². The van der Waals surface area contributed by atoms with Gasteiger partial charge in [0, 0.05) is 12.5 Å². The Morgan fingerprint density at radius 2 is 2.00 bits per heavy atom. The summed E-state index contributed by atoms with van der Waals surface area (Å²) in [6.07, 6.45) is 1.10. The van der Waals surface area contributed by atoms with E-state index in [0.717, 1.165) is 31.0 Å². The summed E-state index contributed by atoms with van der Waals surface area (Å²) in [6, 6.07) is 17.8. The summed E-state index contributed by atoms with van der Waals surface area (Å²) in [4.78, 5) is 0. The van der Waals surface area contributed by atoms with Crippen LogP contribution in [0.1, 0.15) is 23.5 Å². The molecule has 0 saturated carbocycles. The van der Waals surface area contributed by atoms with Crippen LogP contribution in [0.15, 0.2) is 48.5 Å². The van der Waals surface area contributed by atoms with Gasteiger partial charge in [0.15, 0.2) is 0 Å². The van der Waals surface area contributed by atoms with Crippen LogP contribution in [0.3, 0.4) is 0 Å². The second kappa shape index (κ2) is 7.85. The molecular weight excluding hydrogens is 300 g/mol. The Labute approximate surface area is 143 Å². The summed E-state index contributed by atoms with van der Waals surface area (Å²) in [6.45, 7) is 2.60. The van der Waals surface area contributed by atoms with Crippen LogP contribution in [0.2, 0.25) is 0 Å². The van der Waals surface area contributed by atoms with Crippen LogP contribution >= 0.6 is 0 Å². The van der Waals surface area contributed by atoms with Gasteiger partial charge in [-0.2, -0.15) is 5.26 Å². The van der Waals surface area contributed by atoms with Crippen molar-refractivity contribution in [2.75, 3.05) is 26.8 Å². The van der Waals surface area contributed by atoms with Crippen molar-refractivity contribution in [3.05, 3.63) is 59.7 Å². The Morgan fingerprint density at radius 3 is 2.75 bits per heavy atom. The zero-order valence-corrected chi connectivity index (χ0v) is 13.9. The van der Waals surface area contributed by atoms with E-state index in [1.54, 1.807) is 19.2 Å². The number of ether oxygens (including phenoxy) is 2. The molecule has 0 spiro atoms. The third-order valence-electron chi connectivity index (χ3n) is 4.58. The van der Waals surface area contributed by atoms with Crippen molar-refractivity contribution in [2.45, 2.75) is 12.3 Å². The molecule has 1 fully saturated rings. The van der Waals surface area contributed by atoms with E-state index < -0.39 is 0 Å². The molecule has 0 amide bonds. The summed E-state index contributed by atoms with van der Waals surface area (Å²) in [7, 11) is 1.69. The van der Waals surface area contributed by atoms with Gasteiger partial charge in [-0.15, -0.1) is 0 Å². The monoisotopic (exact) mass is 322 g/mol. The average molecular weight is 322 g/mol. The molecule has 124 valence electrons. The Balaban J connectivity index is 1.68. The molecule has 1 aliphatic rings. The first-order valence-electron chi connectivity index (χ1n) is 8.28. The van der Waals surface area contributed by atoms with E-state index in [1.165, 1.54) is 5.56 Å². The molecule has 1 aliphatic heterocycles. The summed E-state index contributed by atoms with van der Waals surface area (Å²) < 4.78 is 11.2. The quantitative estimate of drug-likeness (QED) is 0.917. The fraction of sp³-hybridized carbons (Fsp3) is 0.350. The SMILES string of the molecule is COc1ccc([C@H]2CCNC[C@H]2COc2cccc(C#N)c2)cc1. The number of benzene rings is 2. The van der Waals surface area contributed by atoms with Gasteiger partial charge in [-0.1, -0.05) is 18.2 Å². The molecule has 4 heteroatoms. The van der Waals surface area contributed by atoms with Crippen LogP contribution in [0.4, 0.5) is 0 Å². The highest BCUT2D eigenvalue weighted by molar-refractivity contribution is 5.36. The van der Waals surface area contributed by atoms with Gasteiger partial charge >= 0.3 is 0 Å². The first-order valence-corrected chi connectivity index (χ1v) is 8.28. The predicted molar refractivity (Wildman–Crippen MR) is 93.4 cm³/mol. The van der Waals surface area contributed by atoms with E-state index in [9.17, 15) is 0 Å². The van der Waals surface area contributed by atoms with Crippen LogP contribution < -0.4 is 14.8 Å². The maximum absolute atomic E-state index is 8.99. The standard InChI is InChI=1S/C20H22N2O2/c1-23-18-7-5-16(6-8-18)20-9-10-22-13-17(20)14-24-19-4-2-3-15(11-19)12-21/h2-8,11,17,20,22H,9-10,13-14H2,1H3/t17-,20+/m0/s1. The van der Waals surface area contributed by atoms with Gasteiger partial charge in [-0.05, 0) is 54.8 Å². The molecule has 3 rings (SSSR count). The molecular formula is C20H22N2O2. The number of nitriles is 1. The van der Waals surface area contributed by atoms with Gasteiger partial charge in [0.25, 0.3) is 0 Å². The Hall–Kier alpha value is -2.51. The van der Waals surface area contributed by atoms with E-state index in [4.69, 9.17) is 14.7 Å². The Kier molecular flexibility index (Phi) is 5.35. The lowest BCUT2D eigenvalue weighted by atomic mass is 9.81. The average Bonchev–Trinajstić information content (AvgIpc) is 2.67. The molecule has 0 unspecified atom stereocenters. The summed E-state index contributed by atoms with van der Waals surface area (Å²) in [5.74, 6) is 2.51. The molecule has 0 bridgehead atoms. The second-order valence-corrected chi connectivity index (χ2v) is 6.08. The zero-order valence-electron chi connectivity index (χ0n) is 13.9. The predicted octanol–water partition coefficient (Wildman–Crippen LogP) is 3.34. The number of hydrogen-bond donors (Lipinski definition) is 1. The Bertz CT molecular complexity index is 706. The van der Waals surface area contributed by atoms with Crippen LogP contribution in [-0.4, -0.2) is 26.8 Å². The van der Waals surface area contributed by atoms with E-state index in [0.29, 0.717) is 24.0 Å². The molecule has 2 aromatic carbocycles. The number of nitrogens with one attached hydrogen (secondary N) is 1. The van der Waals surface area contributed by atoms with Crippen LogP contribution in [0.5, 0.6) is 11.5 Å². The van der Waals surface area contributed by atoms with Crippen molar-refractivity contribution in [1.82, 2.24) is 5.32 Å². The van der Waals surface area contributed by atoms with Gasteiger partial charge < -0.3 is 14.8 Å². The van der Waals surface area contributed by atoms with E-state index in [2.05, 4.69) is 23.5 Å². The van der Waals surface area contributed by atoms with Crippen molar-refractivity contribution in [3.63, 3.8) is 0 Å². The minimum atomic E-state index is 0.401. The molecule has 2 atom stereocenters. The molecule has 4 nitrogen and oxygen atoms in total. The van der Waals surface area contributed by atoms with Crippen molar-refractivity contribution < 1.29 is 9.47 Å². The van der Waals surface area contributed by atoms with Crippen molar-refractivity contribution in [2.24, 2.45) is 5.92 Å². The van der Waals surface area contributed by atoms with Crippen molar-refractivity contribution >= 4 is 0 Å². The first kappa shape index (κ1) is 16.4. The van der Waals surface area contributed by atoms with E-state index >= 15 is 0 Å². The lowest BCUT2D eigenvalue weighted by Gasteiger charge is -2.32. The molecule has 1 saturated heterocycles. The largest absolute Gasteiger partial charge is 0.497 e. The van der Waals surface area contributed by atoms with Gasteiger partial charge in [0.05, 0.1) is 25.3 Å². The Morgan fingerprint density at radius 1 is 1.17 bits per heavy atom. The highest BCUT2D eigenvalue weighted by Gasteiger charge is 2.27. The third kappa shape index (κ3) is 3.87. The summed E-state index contributed by atoms with van der Waals surface area (Å²) in [5.41, 5.74) is 1.96. The molecule has 1 heterocycles.